The van der Waals surface area contributed by atoms with E-state index in [0.29, 0.717) is 18.7 Å². The van der Waals surface area contributed by atoms with Gasteiger partial charge in [-0.2, -0.15) is 5.10 Å². The molecule has 88 valence electrons. The van der Waals surface area contributed by atoms with Crippen molar-refractivity contribution in [3.05, 3.63) is 18.0 Å². The van der Waals surface area contributed by atoms with Gasteiger partial charge in [-0.05, 0) is 12.3 Å². The second-order valence-electron chi connectivity index (χ2n) is 4.27. The molecule has 5 heteroatoms. The number of nitrogens with one attached hydrogen (secondary N) is 1. The van der Waals surface area contributed by atoms with Gasteiger partial charge in [0.15, 0.2) is 0 Å². The molecule has 0 atom stereocenters. The Balaban J connectivity index is 1.77. The summed E-state index contributed by atoms with van der Waals surface area (Å²) in [5.41, 5.74) is 6.02. The summed E-state index contributed by atoms with van der Waals surface area (Å²) in [7, 11) is 0. The van der Waals surface area contributed by atoms with Crippen LogP contribution in [0.25, 0.3) is 0 Å². The minimum atomic E-state index is -0.0380. The Morgan fingerprint density at radius 3 is 3.12 bits per heavy atom. The van der Waals surface area contributed by atoms with Gasteiger partial charge >= 0.3 is 0 Å². The Labute approximate surface area is 95.0 Å². The molecule has 0 bridgehead atoms. The van der Waals surface area contributed by atoms with Crippen molar-refractivity contribution in [2.75, 3.05) is 13.1 Å². The molecule has 0 aliphatic heterocycles. The van der Waals surface area contributed by atoms with Gasteiger partial charge in [-0.25, -0.2) is 0 Å². The summed E-state index contributed by atoms with van der Waals surface area (Å²) in [6.45, 7) is 1.95. The lowest BCUT2D eigenvalue weighted by molar-refractivity contribution is 0.0952. The third kappa shape index (κ3) is 3.06. The van der Waals surface area contributed by atoms with Crippen molar-refractivity contribution in [1.82, 2.24) is 15.1 Å². The molecule has 1 aliphatic rings. The summed E-state index contributed by atoms with van der Waals surface area (Å²) >= 11 is 0. The van der Waals surface area contributed by atoms with Crippen molar-refractivity contribution in [2.24, 2.45) is 11.7 Å². The number of nitrogens with two attached hydrogens (primary N) is 1. The number of amides is 1. The second-order valence-corrected chi connectivity index (χ2v) is 4.27. The molecule has 0 unspecified atom stereocenters. The van der Waals surface area contributed by atoms with Crippen molar-refractivity contribution in [1.29, 1.82) is 0 Å². The number of carbonyl (C=O) groups is 1. The molecule has 1 aliphatic carbocycles. The van der Waals surface area contributed by atoms with Gasteiger partial charge in [-0.15, -0.1) is 0 Å². The lowest BCUT2D eigenvalue weighted by atomic mass is 10.3. The average molecular weight is 222 g/mol. The fourth-order valence-electron chi connectivity index (χ4n) is 1.63. The average Bonchev–Trinajstić information content (AvgIpc) is 2.97. The molecule has 3 N–H and O–H groups in total. The van der Waals surface area contributed by atoms with E-state index in [0.717, 1.165) is 18.9 Å². The van der Waals surface area contributed by atoms with Crippen molar-refractivity contribution >= 4 is 5.91 Å². The van der Waals surface area contributed by atoms with E-state index in [1.807, 2.05) is 0 Å². The highest BCUT2D eigenvalue weighted by Gasteiger charge is 2.20. The Bertz CT molecular complexity index is 357. The van der Waals surface area contributed by atoms with Crippen molar-refractivity contribution in [3.8, 4) is 0 Å². The van der Waals surface area contributed by atoms with E-state index in [9.17, 15) is 4.79 Å². The van der Waals surface area contributed by atoms with Crippen LogP contribution in [0, 0.1) is 5.92 Å². The number of hydrogen-bond donors (Lipinski definition) is 2. The lowest BCUT2D eigenvalue weighted by Gasteiger charge is -2.01. The van der Waals surface area contributed by atoms with Crippen molar-refractivity contribution in [2.45, 2.75) is 25.8 Å². The maximum Gasteiger partial charge on any atom is 0.254 e. The molecular weight excluding hydrogens is 204 g/mol. The Morgan fingerprint density at radius 1 is 1.62 bits per heavy atom. The molecule has 1 amide bonds. The van der Waals surface area contributed by atoms with Gasteiger partial charge in [0.05, 0.1) is 18.3 Å². The maximum atomic E-state index is 11.7. The van der Waals surface area contributed by atoms with E-state index in [-0.39, 0.29) is 5.91 Å². The van der Waals surface area contributed by atoms with Gasteiger partial charge in [-0.1, -0.05) is 12.8 Å². The van der Waals surface area contributed by atoms with E-state index >= 15 is 0 Å². The highest BCUT2D eigenvalue weighted by molar-refractivity contribution is 5.93. The molecule has 1 saturated carbocycles. The fraction of sp³-hybridized carbons (Fsp3) is 0.636. The first kappa shape index (κ1) is 11.1. The lowest BCUT2D eigenvalue weighted by Crippen LogP contribution is -2.24. The largest absolute Gasteiger partial charge is 0.352 e. The monoisotopic (exact) mass is 222 g/mol. The van der Waals surface area contributed by atoms with Crippen LogP contribution in [0.1, 0.15) is 29.6 Å². The summed E-state index contributed by atoms with van der Waals surface area (Å²) in [5.74, 6) is 0.809. The summed E-state index contributed by atoms with van der Waals surface area (Å²) in [6, 6.07) is 0. The van der Waals surface area contributed by atoms with Crippen LogP contribution in [-0.4, -0.2) is 28.8 Å². The second kappa shape index (κ2) is 5.12. The topological polar surface area (TPSA) is 72.9 Å². The van der Waals surface area contributed by atoms with E-state index in [1.165, 1.54) is 12.8 Å². The van der Waals surface area contributed by atoms with Crippen LogP contribution in [0.15, 0.2) is 12.4 Å². The summed E-state index contributed by atoms with van der Waals surface area (Å²) in [5, 5.41) is 6.96. The molecule has 16 heavy (non-hydrogen) atoms. The maximum absolute atomic E-state index is 11.7. The number of carbonyl (C=O) groups excluding carboxylic acids is 1. The van der Waals surface area contributed by atoms with E-state index in [1.54, 1.807) is 17.1 Å². The van der Waals surface area contributed by atoms with Crippen LogP contribution in [0.5, 0.6) is 0 Å². The van der Waals surface area contributed by atoms with Crippen molar-refractivity contribution in [3.63, 3.8) is 0 Å². The van der Waals surface area contributed by atoms with E-state index in [2.05, 4.69) is 10.4 Å². The van der Waals surface area contributed by atoms with Gasteiger partial charge in [0, 0.05) is 19.3 Å². The molecule has 1 aromatic rings. The normalized spacial score (nSPS) is 15.1. The van der Waals surface area contributed by atoms with Gasteiger partial charge in [-0.3, -0.25) is 9.48 Å². The standard InChI is InChI=1S/C11H18N4O/c12-4-6-15-8-10(7-14-15)11(16)13-5-3-9-1-2-9/h7-9H,1-6,12H2,(H,13,16). The predicted molar refractivity (Wildman–Crippen MR) is 61.0 cm³/mol. The number of nitrogens with zero attached hydrogens (tertiary/aromatic N) is 2. The predicted octanol–water partition coefficient (Wildman–Crippen LogP) is 0.372. The minimum absolute atomic E-state index is 0.0380. The van der Waals surface area contributed by atoms with Crippen LogP contribution in [0.3, 0.4) is 0 Å². The quantitative estimate of drug-likeness (QED) is 0.730. The zero-order valence-electron chi connectivity index (χ0n) is 9.35. The Kier molecular flexibility index (Phi) is 3.56. The molecule has 1 fully saturated rings. The minimum Gasteiger partial charge on any atom is -0.352 e. The van der Waals surface area contributed by atoms with Gasteiger partial charge in [0.2, 0.25) is 0 Å². The molecule has 0 spiro atoms. The first-order chi connectivity index (χ1) is 7.79. The number of rotatable bonds is 6. The first-order valence-corrected chi connectivity index (χ1v) is 5.80. The molecule has 5 nitrogen and oxygen atoms in total. The third-order valence-electron chi connectivity index (χ3n) is 2.79. The first-order valence-electron chi connectivity index (χ1n) is 5.80. The zero-order chi connectivity index (χ0) is 11.4. The van der Waals surface area contributed by atoms with Gasteiger partial charge in [0.25, 0.3) is 5.91 Å². The molecule has 1 aromatic heterocycles. The Morgan fingerprint density at radius 2 is 2.44 bits per heavy atom. The number of aromatic nitrogens is 2. The number of hydrogen-bond acceptors (Lipinski definition) is 3. The summed E-state index contributed by atoms with van der Waals surface area (Å²) in [6.07, 6.45) is 7.07. The molecule has 0 saturated heterocycles. The van der Waals surface area contributed by atoms with Crippen molar-refractivity contribution < 1.29 is 4.79 Å². The van der Waals surface area contributed by atoms with Crippen LogP contribution in [0.4, 0.5) is 0 Å². The van der Waals surface area contributed by atoms with E-state index in [4.69, 9.17) is 5.73 Å². The fourth-order valence-corrected chi connectivity index (χ4v) is 1.63. The molecule has 0 radical (unpaired) electrons. The zero-order valence-corrected chi connectivity index (χ0v) is 9.35. The summed E-state index contributed by atoms with van der Waals surface area (Å²) < 4.78 is 1.69. The van der Waals surface area contributed by atoms with Gasteiger partial charge in [0.1, 0.15) is 0 Å². The van der Waals surface area contributed by atoms with Crippen LogP contribution in [-0.2, 0) is 6.54 Å². The van der Waals surface area contributed by atoms with Crippen LogP contribution in [0.2, 0.25) is 0 Å². The highest BCUT2D eigenvalue weighted by atomic mass is 16.1. The highest BCUT2D eigenvalue weighted by Crippen LogP contribution is 2.31. The van der Waals surface area contributed by atoms with Crippen LogP contribution < -0.4 is 11.1 Å². The molecule has 2 rings (SSSR count). The van der Waals surface area contributed by atoms with E-state index < -0.39 is 0 Å². The Hall–Kier alpha value is -1.36. The molecule has 1 heterocycles. The van der Waals surface area contributed by atoms with Gasteiger partial charge < -0.3 is 11.1 Å². The molecule has 0 aromatic carbocycles. The molecular formula is C11H18N4O. The van der Waals surface area contributed by atoms with Crippen LogP contribution >= 0.6 is 0 Å². The third-order valence-corrected chi connectivity index (χ3v) is 2.79. The summed E-state index contributed by atoms with van der Waals surface area (Å²) in [4.78, 5) is 11.7. The SMILES string of the molecule is NCCn1cc(C(=O)NCCC2CC2)cn1. The smallest absolute Gasteiger partial charge is 0.254 e.